The fourth-order valence-electron chi connectivity index (χ4n) is 1.18. The lowest BCUT2D eigenvalue weighted by molar-refractivity contribution is -0.153. The first-order chi connectivity index (χ1) is 6.97. The number of esters is 1. The van der Waals surface area contributed by atoms with Gasteiger partial charge in [0.15, 0.2) is 0 Å². The maximum Gasteiger partial charge on any atom is 0.311 e. The third kappa shape index (κ3) is 2.95. The fraction of sp³-hybridized carbons (Fsp3) is 0.667. The topological polar surface area (TPSA) is 67.9 Å². The van der Waals surface area contributed by atoms with Crippen LogP contribution in [0.15, 0.2) is 5.03 Å². The molecule has 0 bridgehead atoms. The third-order valence-corrected chi connectivity index (χ3v) is 2.40. The summed E-state index contributed by atoms with van der Waals surface area (Å²) in [5.74, 6) is -0.235. The predicted octanol–water partition coefficient (Wildman–Crippen LogP) is 1.23. The molecular weight excluding hydrogens is 214 g/mol. The van der Waals surface area contributed by atoms with Crippen LogP contribution in [-0.4, -0.2) is 28.0 Å². The number of ether oxygens (including phenoxy) is 1. The summed E-state index contributed by atoms with van der Waals surface area (Å²) in [5, 5.41) is 10.7. The number of aromatic nitrogens is 3. The number of aromatic amines is 1. The molecule has 0 aliphatic heterocycles. The van der Waals surface area contributed by atoms with E-state index in [2.05, 4.69) is 28.0 Å². The summed E-state index contributed by atoms with van der Waals surface area (Å²) in [5.41, 5.74) is 0.0704. The van der Waals surface area contributed by atoms with Crippen LogP contribution in [0.2, 0.25) is 0 Å². The molecule has 1 aromatic heterocycles. The van der Waals surface area contributed by atoms with Gasteiger partial charge in [-0.3, -0.25) is 9.89 Å². The summed E-state index contributed by atoms with van der Waals surface area (Å²) in [6.45, 7) is 5.79. The van der Waals surface area contributed by atoms with Gasteiger partial charge in [0.25, 0.3) is 0 Å². The Balaban J connectivity index is 2.72. The minimum atomic E-state index is -0.607. The molecular formula is C9H15N3O2S. The van der Waals surface area contributed by atoms with E-state index in [1.165, 1.54) is 0 Å². The Bertz CT molecular complexity index is 349. The van der Waals surface area contributed by atoms with E-state index in [9.17, 15) is 4.79 Å². The van der Waals surface area contributed by atoms with E-state index in [0.717, 1.165) is 0 Å². The van der Waals surface area contributed by atoms with Crippen LogP contribution in [0.3, 0.4) is 0 Å². The Morgan fingerprint density at radius 1 is 1.60 bits per heavy atom. The summed E-state index contributed by atoms with van der Waals surface area (Å²) in [7, 11) is 0. The first kappa shape index (κ1) is 12.0. The van der Waals surface area contributed by atoms with Crippen LogP contribution in [0.5, 0.6) is 0 Å². The standard InChI is InChI=1S/C9H15N3O2S/c1-4-14-8(13)9(2,3)5-6-7(15)11-12-10-6/h4-5H2,1-3H3,(H2,10,11,12,15). The molecule has 5 nitrogen and oxygen atoms in total. The summed E-state index contributed by atoms with van der Waals surface area (Å²) >= 11 is 4.15. The summed E-state index contributed by atoms with van der Waals surface area (Å²) in [6.07, 6.45) is 0.459. The number of H-pyrrole nitrogens is 1. The molecule has 1 aromatic rings. The minimum absolute atomic E-state index is 0.235. The molecule has 0 atom stereocenters. The molecule has 84 valence electrons. The van der Waals surface area contributed by atoms with Crippen molar-refractivity contribution < 1.29 is 9.53 Å². The summed E-state index contributed by atoms with van der Waals surface area (Å²) in [4.78, 5) is 11.6. The zero-order chi connectivity index (χ0) is 11.5. The van der Waals surface area contributed by atoms with Crippen molar-refractivity contribution in [2.24, 2.45) is 5.41 Å². The van der Waals surface area contributed by atoms with E-state index < -0.39 is 5.41 Å². The second-order valence-electron chi connectivity index (χ2n) is 3.89. The molecule has 0 aromatic carbocycles. The third-order valence-electron chi connectivity index (χ3n) is 2.04. The number of hydrogen-bond donors (Lipinski definition) is 2. The molecule has 0 saturated heterocycles. The summed E-state index contributed by atoms with van der Waals surface area (Å²) < 4.78 is 4.97. The van der Waals surface area contributed by atoms with Crippen LogP contribution in [-0.2, 0) is 16.0 Å². The Hall–Kier alpha value is -1.04. The van der Waals surface area contributed by atoms with Crippen molar-refractivity contribution in [3.63, 3.8) is 0 Å². The zero-order valence-corrected chi connectivity index (χ0v) is 9.97. The Morgan fingerprint density at radius 2 is 2.27 bits per heavy atom. The van der Waals surface area contributed by atoms with E-state index in [1.54, 1.807) is 6.92 Å². The smallest absolute Gasteiger partial charge is 0.311 e. The second kappa shape index (κ2) is 4.65. The van der Waals surface area contributed by atoms with E-state index in [-0.39, 0.29) is 5.97 Å². The van der Waals surface area contributed by atoms with Gasteiger partial charge in [-0.25, -0.2) is 0 Å². The number of carbonyl (C=O) groups is 1. The number of hydrogen-bond acceptors (Lipinski definition) is 5. The first-order valence-electron chi connectivity index (χ1n) is 4.73. The highest BCUT2D eigenvalue weighted by Gasteiger charge is 2.31. The molecule has 0 aliphatic carbocycles. The highest BCUT2D eigenvalue weighted by atomic mass is 32.1. The van der Waals surface area contributed by atoms with Gasteiger partial charge in [-0.1, -0.05) is 5.21 Å². The highest BCUT2D eigenvalue weighted by Crippen LogP contribution is 2.24. The average Bonchev–Trinajstić information content (AvgIpc) is 2.52. The molecule has 1 heterocycles. The Kier molecular flexibility index (Phi) is 3.73. The van der Waals surface area contributed by atoms with Gasteiger partial charge < -0.3 is 4.74 Å². The van der Waals surface area contributed by atoms with Crippen LogP contribution in [0, 0.1) is 5.41 Å². The van der Waals surface area contributed by atoms with E-state index in [4.69, 9.17) is 4.74 Å². The molecule has 0 fully saturated rings. The fourth-order valence-corrected chi connectivity index (χ4v) is 1.35. The Morgan fingerprint density at radius 3 is 2.73 bits per heavy atom. The number of thiol groups is 1. The number of nitrogens with zero attached hydrogens (tertiary/aromatic N) is 2. The lowest BCUT2D eigenvalue weighted by Crippen LogP contribution is -2.29. The minimum Gasteiger partial charge on any atom is -0.466 e. The normalized spacial score (nSPS) is 11.5. The van der Waals surface area contributed by atoms with Crippen molar-refractivity contribution in [3.05, 3.63) is 5.69 Å². The van der Waals surface area contributed by atoms with Crippen molar-refractivity contribution in [2.45, 2.75) is 32.2 Å². The molecule has 0 aliphatic rings. The van der Waals surface area contributed by atoms with Crippen LogP contribution < -0.4 is 0 Å². The largest absolute Gasteiger partial charge is 0.466 e. The molecule has 15 heavy (non-hydrogen) atoms. The van der Waals surface area contributed by atoms with Crippen molar-refractivity contribution in [3.8, 4) is 0 Å². The maximum atomic E-state index is 11.6. The van der Waals surface area contributed by atoms with E-state index in [1.807, 2.05) is 13.8 Å². The Labute approximate surface area is 94.0 Å². The molecule has 6 heteroatoms. The van der Waals surface area contributed by atoms with Crippen LogP contribution in [0.4, 0.5) is 0 Å². The van der Waals surface area contributed by atoms with Gasteiger partial charge in [-0.15, -0.1) is 17.7 Å². The molecule has 1 rings (SSSR count). The van der Waals surface area contributed by atoms with Gasteiger partial charge in [0, 0.05) is 6.42 Å². The molecule has 1 N–H and O–H groups in total. The first-order valence-corrected chi connectivity index (χ1v) is 5.18. The lowest BCUT2D eigenvalue weighted by Gasteiger charge is -2.20. The molecule has 0 spiro atoms. The number of carbonyl (C=O) groups excluding carboxylic acids is 1. The van der Waals surface area contributed by atoms with Gasteiger partial charge in [0.05, 0.1) is 17.7 Å². The van der Waals surface area contributed by atoms with Gasteiger partial charge in [0.2, 0.25) is 0 Å². The van der Waals surface area contributed by atoms with Gasteiger partial charge in [0.1, 0.15) is 5.03 Å². The van der Waals surface area contributed by atoms with Crippen molar-refractivity contribution in [1.82, 2.24) is 15.4 Å². The van der Waals surface area contributed by atoms with Crippen LogP contribution in [0.1, 0.15) is 26.5 Å². The lowest BCUT2D eigenvalue weighted by atomic mass is 9.88. The molecule has 0 unspecified atom stereocenters. The SMILES string of the molecule is CCOC(=O)C(C)(C)Cc1nn[nH]c1S. The van der Waals surface area contributed by atoms with Crippen LogP contribution in [0.25, 0.3) is 0 Å². The predicted molar refractivity (Wildman–Crippen MR) is 57.8 cm³/mol. The zero-order valence-electron chi connectivity index (χ0n) is 9.07. The van der Waals surface area contributed by atoms with E-state index >= 15 is 0 Å². The molecule has 0 radical (unpaired) electrons. The second-order valence-corrected chi connectivity index (χ2v) is 4.34. The van der Waals surface area contributed by atoms with Gasteiger partial charge >= 0.3 is 5.97 Å². The quantitative estimate of drug-likeness (QED) is 0.602. The van der Waals surface area contributed by atoms with Crippen molar-refractivity contribution in [1.29, 1.82) is 0 Å². The highest BCUT2D eigenvalue weighted by molar-refractivity contribution is 7.80. The monoisotopic (exact) mass is 229 g/mol. The van der Waals surface area contributed by atoms with Gasteiger partial charge in [-0.2, -0.15) is 0 Å². The molecule has 0 amide bonds. The number of rotatable bonds is 4. The van der Waals surface area contributed by atoms with Crippen molar-refractivity contribution >= 4 is 18.6 Å². The van der Waals surface area contributed by atoms with Gasteiger partial charge in [-0.05, 0) is 20.8 Å². The molecule has 0 saturated carbocycles. The number of nitrogens with one attached hydrogen (secondary N) is 1. The van der Waals surface area contributed by atoms with Crippen LogP contribution >= 0.6 is 12.6 Å². The van der Waals surface area contributed by atoms with E-state index in [0.29, 0.717) is 23.7 Å². The average molecular weight is 229 g/mol. The summed E-state index contributed by atoms with van der Waals surface area (Å²) in [6, 6.07) is 0. The van der Waals surface area contributed by atoms with Crippen molar-refractivity contribution in [2.75, 3.05) is 6.61 Å². The maximum absolute atomic E-state index is 11.6.